The molecule has 0 aromatic carbocycles. The zero-order valence-electron chi connectivity index (χ0n) is 15.4. The molecule has 1 fully saturated rings. The summed E-state index contributed by atoms with van der Waals surface area (Å²) in [5.41, 5.74) is -4.72. The summed E-state index contributed by atoms with van der Waals surface area (Å²) in [4.78, 5) is 47.4. The van der Waals surface area contributed by atoms with Crippen molar-refractivity contribution in [3.8, 4) is 0 Å². The molecule has 0 radical (unpaired) electrons. The Morgan fingerprint density at radius 3 is 2.54 bits per heavy atom. The fourth-order valence-electron chi connectivity index (χ4n) is 2.98. The summed E-state index contributed by atoms with van der Waals surface area (Å²) in [5.74, 6) is -2.82. The van der Waals surface area contributed by atoms with Crippen LogP contribution in [-0.4, -0.2) is 59.4 Å². The van der Waals surface area contributed by atoms with Crippen LogP contribution in [0.25, 0.3) is 0 Å². The van der Waals surface area contributed by atoms with Crippen molar-refractivity contribution in [3.63, 3.8) is 0 Å². The van der Waals surface area contributed by atoms with Crippen molar-refractivity contribution in [3.05, 3.63) is 32.9 Å². The topological polar surface area (TPSA) is 126 Å². The van der Waals surface area contributed by atoms with Crippen molar-refractivity contribution < 1.29 is 37.3 Å². The van der Waals surface area contributed by atoms with Gasteiger partial charge in [0.15, 0.2) is 18.5 Å². The average molecular weight is 406 g/mol. The van der Waals surface area contributed by atoms with Gasteiger partial charge in [-0.05, 0) is 0 Å². The molecule has 10 nitrogen and oxygen atoms in total. The Hall–Kier alpha value is -2.60. The predicted molar refractivity (Wildman–Crippen MR) is 87.6 cm³/mol. The minimum Gasteiger partial charge on any atom is -0.456 e. The Morgan fingerprint density at radius 2 is 1.96 bits per heavy atom. The molecule has 12 heteroatoms. The van der Waals surface area contributed by atoms with E-state index in [1.54, 1.807) is 4.98 Å². The maximum Gasteiger partial charge on any atom is 0.328 e. The number of nitrogens with zero attached hydrogens (tertiary/aromatic N) is 1. The van der Waals surface area contributed by atoms with Gasteiger partial charge in [0.1, 0.15) is 0 Å². The summed E-state index contributed by atoms with van der Waals surface area (Å²) in [6, 6.07) is 0. The lowest BCUT2D eigenvalue weighted by molar-refractivity contribution is -0.293. The molecule has 2 rings (SSSR count). The Labute approximate surface area is 157 Å². The number of carbonyl (C=O) groups excluding carboxylic acids is 2. The van der Waals surface area contributed by atoms with Crippen LogP contribution in [0.1, 0.15) is 20.3 Å². The van der Waals surface area contributed by atoms with Crippen molar-refractivity contribution in [2.45, 2.75) is 51.0 Å². The Bertz CT molecular complexity index is 854. The Morgan fingerprint density at radius 1 is 1.32 bits per heavy atom. The number of nitrogens with one attached hydrogen (secondary N) is 1. The van der Waals surface area contributed by atoms with Gasteiger partial charge >= 0.3 is 17.6 Å². The van der Waals surface area contributed by atoms with Gasteiger partial charge in [0.2, 0.25) is 11.5 Å². The number of esters is 2. The Kier molecular flexibility index (Phi) is 6.67. The van der Waals surface area contributed by atoms with Crippen molar-refractivity contribution >= 4 is 11.9 Å². The lowest BCUT2D eigenvalue weighted by Gasteiger charge is -2.44. The molecule has 1 aliphatic heterocycles. The van der Waals surface area contributed by atoms with E-state index in [2.05, 4.69) is 0 Å². The summed E-state index contributed by atoms with van der Waals surface area (Å²) in [6.07, 6.45) is -4.31. The van der Waals surface area contributed by atoms with E-state index in [0.29, 0.717) is 6.20 Å². The maximum atomic E-state index is 16.0. The molecule has 1 saturated heterocycles. The number of hydrogen-bond donors (Lipinski definition) is 1. The molecule has 1 aliphatic rings. The second-order valence-electron chi connectivity index (χ2n) is 6.19. The number of aromatic nitrogens is 2. The van der Waals surface area contributed by atoms with Crippen LogP contribution in [0.2, 0.25) is 0 Å². The van der Waals surface area contributed by atoms with E-state index in [1.165, 1.54) is 0 Å². The lowest BCUT2D eigenvalue weighted by atomic mass is 9.87. The molecule has 1 aromatic heterocycles. The molecule has 2 heterocycles. The van der Waals surface area contributed by atoms with E-state index in [1.807, 2.05) is 0 Å². The summed E-state index contributed by atoms with van der Waals surface area (Å²) in [6.45, 7) is 1.42. The first-order chi connectivity index (χ1) is 13.1. The SMILES string of the molecule is CO[C@@H]1OC[C@@H](OC(C)=O)[C@@H](OC(C)=O)[C@]1(F)CCn1cc(F)c(=O)[nH]c1=O. The van der Waals surface area contributed by atoms with Gasteiger partial charge in [0.05, 0.1) is 12.8 Å². The maximum absolute atomic E-state index is 16.0. The molecule has 0 spiro atoms. The normalized spacial score (nSPS) is 27.2. The number of hydrogen-bond acceptors (Lipinski definition) is 8. The third kappa shape index (κ3) is 4.62. The highest BCUT2D eigenvalue weighted by molar-refractivity contribution is 5.67. The first-order valence-electron chi connectivity index (χ1n) is 8.25. The second kappa shape index (κ2) is 8.61. The summed E-state index contributed by atoms with van der Waals surface area (Å²) >= 11 is 0. The number of aromatic amines is 1. The molecular weight excluding hydrogens is 386 g/mol. The standard InChI is InChI=1S/C16H20F2N2O8/c1-8(21)27-11-7-26-14(25-3)16(18,12(11)28-9(2)22)4-5-20-6-10(17)13(23)19-15(20)24/h6,11-12,14H,4-5,7H2,1-3H3,(H,19,23,24)/t11-,12-,14-,16-/m1/s1. The second-order valence-corrected chi connectivity index (χ2v) is 6.19. The fourth-order valence-corrected chi connectivity index (χ4v) is 2.98. The first-order valence-corrected chi connectivity index (χ1v) is 8.25. The van der Waals surface area contributed by atoms with Gasteiger partial charge in [0.25, 0.3) is 5.56 Å². The summed E-state index contributed by atoms with van der Waals surface area (Å²) < 4.78 is 50.4. The van der Waals surface area contributed by atoms with Crippen LogP contribution < -0.4 is 11.2 Å². The van der Waals surface area contributed by atoms with E-state index in [-0.39, 0.29) is 6.61 Å². The highest BCUT2D eigenvalue weighted by atomic mass is 19.1. The molecule has 0 unspecified atom stereocenters. The average Bonchev–Trinajstić information content (AvgIpc) is 2.60. The number of H-pyrrole nitrogens is 1. The lowest BCUT2D eigenvalue weighted by Crippen LogP contribution is -2.63. The van der Waals surface area contributed by atoms with E-state index >= 15 is 4.39 Å². The van der Waals surface area contributed by atoms with Crippen LogP contribution in [0.5, 0.6) is 0 Å². The van der Waals surface area contributed by atoms with Crippen molar-refractivity contribution in [2.75, 3.05) is 13.7 Å². The van der Waals surface area contributed by atoms with E-state index in [9.17, 15) is 23.6 Å². The van der Waals surface area contributed by atoms with Gasteiger partial charge in [-0.25, -0.2) is 9.18 Å². The number of ether oxygens (including phenoxy) is 4. The zero-order chi connectivity index (χ0) is 21.1. The highest BCUT2D eigenvalue weighted by Gasteiger charge is 2.57. The molecule has 1 N–H and O–H groups in total. The van der Waals surface area contributed by atoms with E-state index in [0.717, 1.165) is 25.5 Å². The molecule has 156 valence electrons. The summed E-state index contributed by atoms with van der Waals surface area (Å²) in [5, 5.41) is 0. The van der Waals surface area contributed by atoms with Crippen LogP contribution >= 0.6 is 0 Å². The highest BCUT2D eigenvalue weighted by Crippen LogP contribution is 2.37. The van der Waals surface area contributed by atoms with Crippen LogP contribution in [-0.2, 0) is 35.1 Å². The van der Waals surface area contributed by atoms with Gasteiger partial charge < -0.3 is 18.9 Å². The molecule has 0 amide bonds. The van der Waals surface area contributed by atoms with Crippen molar-refractivity contribution in [1.82, 2.24) is 9.55 Å². The minimum atomic E-state index is -2.55. The largest absolute Gasteiger partial charge is 0.456 e. The first kappa shape index (κ1) is 21.7. The molecular formula is C16H20F2N2O8. The quantitative estimate of drug-likeness (QED) is 0.635. The third-order valence-electron chi connectivity index (χ3n) is 4.14. The van der Waals surface area contributed by atoms with Crippen LogP contribution in [0.15, 0.2) is 15.8 Å². The summed E-state index contributed by atoms with van der Waals surface area (Å²) in [7, 11) is 1.15. The van der Waals surface area contributed by atoms with E-state index in [4.69, 9.17) is 18.9 Å². The van der Waals surface area contributed by atoms with Crippen LogP contribution in [0.4, 0.5) is 8.78 Å². The van der Waals surface area contributed by atoms with Crippen LogP contribution in [0, 0.1) is 5.82 Å². The van der Waals surface area contributed by atoms with E-state index < -0.39 is 66.1 Å². The van der Waals surface area contributed by atoms with Gasteiger partial charge in [-0.3, -0.25) is 23.9 Å². The molecule has 28 heavy (non-hydrogen) atoms. The number of carbonyl (C=O) groups is 2. The van der Waals surface area contributed by atoms with Crippen molar-refractivity contribution in [1.29, 1.82) is 0 Å². The van der Waals surface area contributed by atoms with Gasteiger partial charge in [-0.1, -0.05) is 0 Å². The zero-order valence-corrected chi connectivity index (χ0v) is 15.4. The number of aryl methyl sites for hydroxylation is 1. The van der Waals surface area contributed by atoms with Crippen molar-refractivity contribution in [2.24, 2.45) is 0 Å². The number of rotatable bonds is 6. The van der Waals surface area contributed by atoms with Gasteiger partial charge in [-0.15, -0.1) is 0 Å². The molecule has 1 aromatic rings. The van der Waals surface area contributed by atoms with Gasteiger partial charge in [0, 0.05) is 33.9 Å². The number of halogens is 2. The number of alkyl halides is 1. The molecule has 0 aliphatic carbocycles. The predicted octanol–water partition coefficient (Wildman–Crippen LogP) is -0.360. The smallest absolute Gasteiger partial charge is 0.328 e. The molecule has 0 bridgehead atoms. The van der Waals surface area contributed by atoms with Gasteiger partial charge in [-0.2, -0.15) is 4.39 Å². The molecule has 0 saturated carbocycles. The third-order valence-corrected chi connectivity index (χ3v) is 4.14. The number of methoxy groups -OCH3 is 1. The Balaban J connectivity index is 2.36. The molecule has 4 atom stereocenters. The van der Waals surface area contributed by atoms with Crippen LogP contribution in [0.3, 0.4) is 0 Å². The minimum absolute atomic E-state index is 0.297. The monoisotopic (exact) mass is 406 g/mol. The fraction of sp³-hybridized carbons (Fsp3) is 0.625.